The number of likely N-dealkylation sites (tertiary alicyclic amines) is 1. The van der Waals surface area contributed by atoms with Crippen molar-refractivity contribution in [3.05, 3.63) is 35.4 Å². The maximum absolute atomic E-state index is 13.1. The van der Waals surface area contributed by atoms with Gasteiger partial charge < -0.3 is 15.0 Å². The van der Waals surface area contributed by atoms with Gasteiger partial charge in [0.1, 0.15) is 0 Å². The zero-order valence-electron chi connectivity index (χ0n) is 15.0. The molecule has 3 saturated heterocycles. The predicted octanol–water partition coefficient (Wildman–Crippen LogP) is 1.70. The van der Waals surface area contributed by atoms with E-state index >= 15 is 0 Å². The van der Waals surface area contributed by atoms with E-state index in [0.29, 0.717) is 12.0 Å². The fourth-order valence-corrected chi connectivity index (χ4v) is 4.51. The van der Waals surface area contributed by atoms with Crippen LogP contribution >= 0.6 is 0 Å². The molecule has 3 fully saturated rings. The van der Waals surface area contributed by atoms with Crippen molar-refractivity contribution in [3.63, 3.8) is 0 Å². The molecule has 0 radical (unpaired) electrons. The molecule has 0 spiro atoms. The lowest BCUT2D eigenvalue weighted by Gasteiger charge is -2.40. The average molecular weight is 343 g/mol. The van der Waals surface area contributed by atoms with Crippen LogP contribution in [0.3, 0.4) is 0 Å². The molecular formula is C20H29N3O2. The van der Waals surface area contributed by atoms with Crippen LogP contribution in [-0.4, -0.2) is 74.2 Å². The summed E-state index contributed by atoms with van der Waals surface area (Å²) < 4.78 is 5.46. The summed E-state index contributed by atoms with van der Waals surface area (Å²) in [6.45, 7) is 7.56. The fraction of sp³-hybridized carbons (Fsp3) is 0.650. The summed E-state index contributed by atoms with van der Waals surface area (Å²) in [6, 6.07) is 8.84. The van der Waals surface area contributed by atoms with Gasteiger partial charge in [0.05, 0.1) is 13.2 Å². The van der Waals surface area contributed by atoms with Crippen molar-refractivity contribution >= 4 is 5.91 Å². The molecule has 1 aromatic rings. The number of ether oxygens (including phenoxy) is 1. The number of carbonyl (C=O) groups is 1. The second-order valence-electron chi connectivity index (χ2n) is 7.45. The van der Waals surface area contributed by atoms with E-state index in [0.717, 1.165) is 77.3 Å². The number of piperidine rings is 1. The Bertz CT molecular complexity index is 586. The van der Waals surface area contributed by atoms with E-state index in [4.69, 9.17) is 4.74 Å². The summed E-state index contributed by atoms with van der Waals surface area (Å²) in [6.07, 6.45) is 3.29. The number of morpholine rings is 1. The van der Waals surface area contributed by atoms with E-state index in [1.807, 2.05) is 12.1 Å². The van der Waals surface area contributed by atoms with Crippen molar-refractivity contribution in [1.82, 2.24) is 15.1 Å². The normalized spacial score (nSPS) is 26.1. The van der Waals surface area contributed by atoms with Gasteiger partial charge in [0.2, 0.25) is 0 Å². The molecule has 3 aliphatic rings. The Morgan fingerprint density at radius 1 is 1.04 bits per heavy atom. The lowest BCUT2D eigenvalue weighted by atomic mass is 9.92. The predicted molar refractivity (Wildman–Crippen MR) is 98.0 cm³/mol. The topological polar surface area (TPSA) is 44.8 Å². The van der Waals surface area contributed by atoms with E-state index in [-0.39, 0.29) is 5.91 Å². The first-order valence-electron chi connectivity index (χ1n) is 9.73. The molecule has 0 aromatic heterocycles. The van der Waals surface area contributed by atoms with Gasteiger partial charge in [-0.2, -0.15) is 0 Å². The Morgan fingerprint density at radius 3 is 2.52 bits per heavy atom. The first kappa shape index (κ1) is 17.0. The Hall–Kier alpha value is -1.43. The highest BCUT2D eigenvalue weighted by Gasteiger charge is 2.30. The minimum atomic E-state index is 0.225. The van der Waals surface area contributed by atoms with E-state index in [1.165, 1.54) is 5.56 Å². The Balaban J connectivity index is 1.40. The van der Waals surface area contributed by atoms with Crippen LogP contribution in [0, 0.1) is 0 Å². The van der Waals surface area contributed by atoms with Crippen molar-refractivity contribution in [3.8, 4) is 0 Å². The molecule has 3 aliphatic heterocycles. The summed E-state index contributed by atoms with van der Waals surface area (Å²) in [5, 5.41) is 3.42. The SMILES string of the molecule is O=C(c1ccccc1C1CCNC1)N1CCC(N2CCOCC2)CC1. The van der Waals surface area contributed by atoms with Gasteiger partial charge in [-0.25, -0.2) is 0 Å². The van der Waals surface area contributed by atoms with Gasteiger partial charge in [-0.05, 0) is 43.4 Å². The molecule has 136 valence electrons. The molecule has 1 N–H and O–H groups in total. The van der Waals surface area contributed by atoms with Gasteiger partial charge >= 0.3 is 0 Å². The van der Waals surface area contributed by atoms with E-state index in [9.17, 15) is 4.79 Å². The number of nitrogens with zero attached hydrogens (tertiary/aromatic N) is 2. The van der Waals surface area contributed by atoms with Crippen LogP contribution in [-0.2, 0) is 4.74 Å². The first-order valence-corrected chi connectivity index (χ1v) is 9.73. The molecule has 0 aliphatic carbocycles. The van der Waals surface area contributed by atoms with Gasteiger partial charge in [-0.15, -0.1) is 0 Å². The lowest BCUT2D eigenvalue weighted by Crippen LogP contribution is -2.50. The van der Waals surface area contributed by atoms with Crippen molar-refractivity contribution in [2.24, 2.45) is 0 Å². The molecule has 0 saturated carbocycles. The number of hydrogen-bond donors (Lipinski definition) is 1. The molecule has 25 heavy (non-hydrogen) atoms. The largest absolute Gasteiger partial charge is 0.379 e. The third-order valence-corrected chi connectivity index (χ3v) is 6.01. The smallest absolute Gasteiger partial charge is 0.254 e. The molecule has 1 amide bonds. The maximum Gasteiger partial charge on any atom is 0.254 e. The van der Waals surface area contributed by atoms with E-state index < -0.39 is 0 Å². The van der Waals surface area contributed by atoms with Crippen molar-refractivity contribution in [2.75, 3.05) is 52.5 Å². The molecule has 1 unspecified atom stereocenters. The summed E-state index contributed by atoms with van der Waals surface area (Å²) in [5.41, 5.74) is 2.15. The Morgan fingerprint density at radius 2 is 1.80 bits per heavy atom. The number of benzene rings is 1. The quantitative estimate of drug-likeness (QED) is 0.907. The van der Waals surface area contributed by atoms with E-state index in [1.54, 1.807) is 0 Å². The van der Waals surface area contributed by atoms with E-state index in [2.05, 4.69) is 27.2 Å². The van der Waals surface area contributed by atoms with Crippen LogP contribution in [0.2, 0.25) is 0 Å². The zero-order valence-corrected chi connectivity index (χ0v) is 15.0. The van der Waals surface area contributed by atoms with Crippen LogP contribution in [0.5, 0.6) is 0 Å². The standard InChI is InChI=1S/C20H29N3O2/c24-20(19-4-2-1-3-18(19)16-5-8-21-15-16)23-9-6-17(7-10-23)22-11-13-25-14-12-22/h1-4,16-17,21H,5-15H2. The number of carbonyl (C=O) groups excluding carboxylic acids is 1. The number of rotatable bonds is 3. The molecular weight excluding hydrogens is 314 g/mol. The van der Waals surface area contributed by atoms with Gasteiger partial charge in [0.25, 0.3) is 5.91 Å². The van der Waals surface area contributed by atoms with Crippen molar-refractivity contribution in [1.29, 1.82) is 0 Å². The van der Waals surface area contributed by atoms with Crippen molar-refractivity contribution < 1.29 is 9.53 Å². The molecule has 5 heteroatoms. The van der Waals surface area contributed by atoms with Gasteiger partial charge in [0, 0.05) is 44.3 Å². The summed E-state index contributed by atoms with van der Waals surface area (Å²) in [7, 11) is 0. The zero-order chi connectivity index (χ0) is 17.1. The molecule has 1 atom stereocenters. The third-order valence-electron chi connectivity index (χ3n) is 6.01. The minimum Gasteiger partial charge on any atom is -0.379 e. The highest BCUT2D eigenvalue weighted by Crippen LogP contribution is 2.27. The van der Waals surface area contributed by atoms with Gasteiger partial charge in [-0.3, -0.25) is 9.69 Å². The second-order valence-corrected chi connectivity index (χ2v) is 7.45. The second kappa shape index (κ2) is 7.85. The number of nitrogens with one attached hydrogen (secondary N) is 1. The van der Waals surface area contributed by atoms with Crippen LogP contribution in [0.1, 0.15) is 41.1 Å². The summed E-state index contributed by atoms with van der Waals surface area (Å²) >= 11 is 0. The highest BCUT2D eigenvalue weighted by molar-refractivity contribution is 5.96. The van der Waals surface area contributed by atoms with Crippen LogP contribution in [0.25, 0.3) is 0 Å². The summed E-state index contributed by atoms with van der Waals surface area (Å²) in [5.74, 6) is 0.703. The Kier molecular flexibility index (Phi) is 5.34. The summed E-state index contributed by atoms with van der Waals surface area (Å²) in [4.78, 5) is 17.7. The maximum atomic E-state index is 13.1. The van der Waals surface area contributed by atoms with Gasteiger partial charge in [0.15, 0.2) is 0 Å². The minimum absolute atomic E-state index is 0.225. The Labute approximate surface area is 150 Å². The first-order chi connectivity index (χ1) is 12.3. The number of amides is 1. The van der Waals surface area contributed by atoms with Crippen LogP contribution in [0.4, 0.5) is 0 Å². The van der Waals surface area contributed by atoms with Crippen molar-refractivity contribution in [2.45, 2.75) is 31.2 Å². The number of hydrogen-bond acceptors (Lipinski definition) is 4. The molecule has 4 rings (SSSR count). The molecule has 1 aromatic carbocycles. The monoisotopic (exact) mass is 343 g/mol. The lowest BCUT2D eigenvalue weighted by molar-refractivity contribution is 0.00157. The fourth-order valence-electron chi connectivity index (χ4n) is 4.51. The van der Waals surface area contributed by atoms with Crippen LogP contribution < -0.4 is 5.32 Å². The molecule has 5 nitrogen and oxygen atoms in total. The van der Waals surface area contributed by atoms with Crippen LogP contribution in [0.15, 0.2) is 24.3 Å². The van der Waals surface area contributed by atoms with Gasteiger partial charge in [-0.1, -0.05) is 18.2 Å². The third kappa shape index (κ3) is 3.73. The highest BCUT2D eigenvalue weighted by atomic mass is 16.5. The molecule has 0 bridgehead atoms. The molecule has 3 heterocycles. The average Bonchev–Trinajstić information content (AvgIpc) is 3.23.